The first-order valence-electron chi connectivity index (χ1n) is 10.6. The van der Waals surface area contributed by atoms with E-state index >= 15 is 0 Å². The molecular formula is C25H26FN3. The van der Waals surface area contributed by atoms with Crippen molar-refractivity contribution < 1.29 is 4.39 Å². The first-order valence-corrected chi connectivity index (χ1v) is 10.6. The predicted octanol–water partition coefficient (Wildman–Crippen LogP) is 6.64. The Morgan fingerprint density at radius 3 is 2.62 bits per heavy atom. The van der Waals surface area contributed by atoms with E-state index in [9.17, 15) is 4.39 Å². The van der Waals surface area contributed by atoms with Crippen molar-refractivity contribution in [3.63, 3.8) is 0 Å². The van der Waals surface area contributed by atoms with Crippen LogP contribution in [0.15, 0.2) is 48.7 Å². The number of rotatable bonds is 3. The molecule has 2 aromatic heterocycles. The minimum atomic E-state index is -0.186. The van der Waals surface area contributed by atoms with Gasteiger partial charge in [0.1, 0.15) is 11.6 Å². The van der Waals surface area contributed by atoms with Crippen molar-refractivity contribution in [3.05, 3.63) is 71.4 Å². The van der Waals surface area contributed by atoms with Crippen molar-refractivity contribution in [1.29, 1.82) is 0 Å². The van der Waals surface area contributed by atoms with E-state index in [1.807, 2.05) is 6.20 Å². The van der Waals surface area contributed by atoms with E-state index in [1.54, 1.807) is 12.1 Å². The van der Waals surface area contributed by atoms with Crippen LogP contribution in [0.3, 0.4) is 0 Å². The highest BCUT2D eigenvalue weighted by Gasteiger charge is 2.29. The van der Waals surface area contributed by atoms with Gasteiger partial charge in [-0.1, -0.05) is 13.0 Å². The highest BCUT2D eigenvalue weighted by atomic mass is 19.1. The van der Waals surface area contributed by atoms with Gasteiger partial charge in [-0.15, -0.1) is 0 Å². The number of benzene rings is 2. The Hall–Kier alpha value is -2.75. The van der Waals surface area contributed by atoms with Gasteiger partial charge in [-0.2, -0.15) is 0 Å². The minimum absolute atomic E-state index is 0.186. The van der Waals surface area contributed by atoms with Gasteiger partial charge in [-0.25, -0.2) is 9.37 Å². The van der Waals surface area contributed by atoms with Crippen LogP contribution in [-0.2, 0) is 0 Å². The minimum Gasteiger partial charge on any atom is -0.342 e. The van der Waals surface area contributed by atoms with Gasteiger partial charge in [0.2, 0.25) is 0 Å². The molecule has 1 unspecified atom stereocenters. The van der Waals surface area contributed by atoms with Gasteiger partial charge < -0.3 is 4.98 Å². The molecule has 1 fully saturated rings. The number of nitrogens with zero attached hydrogens (tertiary/aromatic N) is 2. The summed E-state index contributed by atoms with van der Waals surface area (Å²) in [6, 6.07) is 13.4. The lowest BCUT2D eigenvalue weighted by molar-refractivity contribution is 0.286. The number of hydrogen-bond donors (Lipinski definition) is 1. The maximum absolute atomic E-state index is 13.8. The predicted molar refractivity (Wildman–Crippen MR) is 116 cm³/mol. The number of nitrogens with one attached hydrogen (secondary N) is 1. The Bertz CT molecular complexity index is 1170. The largest absolute Gasteiger partial charge is 0.342 e. The molecule has 2 aromatic carbocycles. The molecule has 4 aromatic rings. The molecule has 5 rings (SSSR count). The van der Waals surface area contributed by atoms with Crippen LogP contribution in [0.25, 0.3) is 21.9 Å². The molecule has 29 heavy (non-hydrogen) atoms. The molecule has 3 nitrogen and oxygen atoms in total. The third-order valence-corrected chi connectivity index (χ3v) is 6.74. The summed E-state index contributed by atoms with van der Waals surface area (Å²) in [5, 5.41) is 0.969. The van der Waals surface area contributed by atoms with E-state index in [-0.39, 0.29) is 5.82 Å². The zero-order chi connectivity index (χ0) is 20.0. The Morgan fingerprint density at radius 2 is 1.79 bits per heavy atom. The molecule has 2 heterocycles. The van der Waals surface area contributed by atoms with Crippen LogP contribution < -0.4 is 0 Å². The van der Waals surface area contributed by atoms with E-state index in [4.69, 9.17) is 4.98 Å². The number of halogens is 1. The second-order valence-corrected chi connectivity index (χ2v) is 8.60. The zero-order valence-corrected chi connectivity index (χ0v) is 17.0. The lowest BCUT2D eigenvalue weighted by atomic mass is 9.73. The first kappa shape index (κ1) is 18.3. The van der Waals surface area contributed by atoms with Gasteiger partial charge in [0.15, 0.2) is 0 Å². The number of H-pyrrole nitrogens is 1. The lowest BCUT2D eigenvalue weighted by Crippen LogP contribution is -2.19. The van der Waals surface area contributed by atoms with E-state index in [1.165, 1.54) is 30.0 Å². The Morgan fingerprint density at radius 1 is 1.00 bits per heavy atom. The van der Waals surface area contributed by atoms with Gasteiger partial charge in [-0.3, -0.25) is 4.98 Å². The molecule has 1 N–H and O–H groups in total. The SMILES string of the molecule is Cc1ccc2nc(C(C)[C@H]3CC[C@@H](c4ccnc5ccc(F)cc54)CC3)[nH]c2c1. The summed E-state index contributed by atoms with van der Waals surface area (Å²) >= 11 is 0. The molecule has 0 amide bonds. The summed E-state index contributed by atoms with van der Waals surface area (Å²) in [6.45, 7) is 4.41. The fourth-order valence-electron chi connectivity index (χ4n) is 5.01. The normalized spacial score (nSPS) is 20.9. The summed E-state index contributed by atoms with van der Waals surface area (Å²) < 4.78 is 13.8. The van der Waals surface area contributed by atoms with Crippen molar-refractivity contribution in [3.8, 4) is 0 Å². The summed E-state index contributed by atoms with van der Waals surface area (Å²) in [4.78, 5) is 12.8. The van der Waals surface area contributed by atoms with Crippen molar-refractivity contribution >= 4 is 21.9 Å². The fourth-order valence-corrected chi connectivity index (χ4v) is 5.01. The van der Waals surface area contributed by atoms with Crippen LogP contribution in [0.1, 0.15) is 61.4 Å². The van der Waals surface area contributed by atoms with E-state index in [0.29, 0.717) is 17.8 Å². The summed E-state index contributed by atoms with van der Waals surface area (Å²) in [5.74, 6) is 2.43. The van der Waals surface area contributed by atoms with Gasteiger partial charge >= 0.3 is 0 Å². The maximum atomic E-state index is 13.8. The molecular weight excluding hydrogens is 361 g/mol. The number of aryl methyl sites for hydroxylation is 1. The topological polar surface area (TPSA) is 41.6 Å². The van der Waals surface area contributed by atoms with Gasteiger partial charge in [0.25, 0.3) is 0 Å². The van der Waals surface area contributed by atoms with E-state index in [0.717, 1.165) is 40.6 Å². The van der Waals surface area contributed by atoms with Crippen LogP contribution in [-0.4, -0.2) is 15.0 Å². The van der Waals surface area contributed by atoms with Crippen LogP contribution >= 0.6 is 0 Å². The average Bonchev–Trinajstić information content (AvgIpc) is 3.16. The molecule has 0 spiro atoms. The van der Waals surface area contributed by atoms with Crippen LogP contribution in [0.4, 0.5) is 4.39 Å². The molecule has 1 atom stereocenters. The van der Waals surface area contributed by atoms with Crippen molar-refractivity contribution in [2.45, 2.75) is 51.4 Å². The summed E-state index contributed by atoms with van der Waals surface area (Å²) in [5.41, 5.74) is 5.57. The molecule has 1 aliphatic rings. The Labute approximate surface area is 170 Å². The second kappa shape index (κ2) is 7.25. The highest BCUT2D eigenvalue weighted by molar-refractivity contribution is 5.82. The number of pyridine rings is 1. The molecule has 1 saturated carbocycles. The first-order chi connectivity index (χ1) is 14.1. The van der Waals surface area contributed by atoms with E-state index < -0.39 is 0 Å². The average molecular weight is 388 g/mol. The Kier molecular flexibility index (Phi) is 4.57. The smallest absolute Gasteiger partial charge is 0.123 e. The number of fused-ring (bicyclic) bond motifs is 2. The molecule has 148 valence electrons. The van der Waals surface area contributed by atoms with Gasteiger partial charge in [-0.05, 0) is 92.0 Å². The molecule has 0 saturated heterocycles. The zero-order valence-electron chi connectivity index (χ0n) is 17.0. The van der Waals surface area contributed by atoms with Gasteiger partial charge in [0, 0.05) is 17.5 Å². The van der Waals surface area contributed by atoms with Crippen LogP contribution in [0.5, 0.6) is 0 Å². The molecule has 0 bridgehead atoms. The van der Waals surface area contributed by atoms with Gasteiger partial charge in [0.05, 0.1) is 16.6 Å². The number of imidazole rings is 1. The van der Waals surface area contributed by atoms with Crippen molar-refractivity contribution in [1.82, 2.24) is 15.0 Å². The summed E-state index contributed by atoms with van der Waals surface area (Å²) in [6.07, 6.45) is 6.46. The molecule has 0 aliphatic heterocycles. The number of aromatic amines is 1. The lowest BCUT2D eigenvalue weighted by Gasteiger charge is -2.32. The monoisotopic (exact) mass is 387 g/mol. The Balaban J connectivity index is 1.34. The fraction of sp³-hybridized carbons (Fsp3) is 0.360. The third-order valence-electron chi connectivity index (χ3n) is 6.74. The van der Waals surface area contributed by atoms with Crippen molar-refractivity contribution in [2.24, 2.45) is 5.92 Å². The summed E-state index contributed by atoms with van der Waals surface area (Å²) in [7, 11) is 0. The second-order valence-electron chi connectivity index (χ2n) is 8.60. The molecule has 4 heteroatoms. The highest BCUT2D eigenvalue weighted by Crippen LogP contribution is 2.42. The quantitative estimate of drug-likeness (QED) is 0.428. The standard InChI is InChI=1S/C25H26FN3/c1-15-3-9-23-24(13-15)29-25(28-23)16(2)17-4-6-18(7-5-17)20-11-12-27-22-10-8-19(26)14-21(20)22/h3,8-14,16-18H,4-7H2,1-2H3,(H,28,29)/t16?,17-,18+. The van der Waals surface area contributed by atoms with E-state index in [2.05, 4.69) is 48.1 Å². The maximum Gasteiger partial charge on any atom is 0.123 e. The number of aromatic nitrogens is 3. The van der Waals surface area contributed by atoms with Crippen LogP contribution in [0.2, 0.25) is 0 Å². The van der Waals surface area contributed by atoms with Crippen molar-refractivity contribution in [2.75, 3.05) is 0 Å². The number of hydrogen-bond acceptors (Lipinski definition) is 2. The third kappa shape index (κ3) is 3.41. The molecule has 0 radical (unpaired) electrons. The molecule has 1 aliphatic carbocycles. The van der Waals surface area contributed by atoms with Crippen LogP contribution in [0, 0.1) is 18.7 Å².